The number of hydrogen-bond donors (Lipinski definition) is 4. The van der Waals surface area contributed by atoms with Gasteiger partial charge in [0.1, 0.15) is 18.3 Å². The smallest absolute Gasteiger partial charge is 0.280 e. The SMILES string of the molecule is CC(C)C(=O)Nc1nc2c(ncn2[C@@H]2O[C@H](CO)C(O)C2OCCON(C)C)c(=O)[nH]1. The maximum atomic E-state index is 12.4. The molecule has 172 valence electrons. The van der Waals surface area contributed by atoms with Crippen molar-refractivity contribution in [2.75, 3.05) is 39.2 Å². The van der Waals surface area contributed by atoms with Crippen LogP contribution >= 0.6 is 0 Å². The maximum absolute atomic E-state index is 12.4. The van der Waals surface area contributed by atoms with Crippen molar-refractivity contribution in [1.29, 1.82) is 0 Å². The largest absolute Gasteiger partial charge is 0.394 e. The van der Waals surface area contributed by atoms with E-state index in [1.165, 1.54) is 16.0 Å². The molecule has 1 saturated heterocycles. The van der Waals surface area contributed by atoms with Crippen LogP contribution in [0.25, 0.3) is 11.2 Å². The summed E-state index contributed by atoms with van der Waals surface area (Å²) in [6, 6.07) is 0. The topological polar surface area (TPSA) is 164 Å². The molecule has 3 rings (SSSR count). The number of amides is 1. The summed E-state index contributed by atoms with van der Waals surface area (Å²) >= 11 is 0. The molecule has 0 bridgehead atoms. The number of aliphatic hydroxyl groups excluding tert-OH is 2. The van der Waals surface area contributed by atoms with Gasteiger partial charge >= 0.3 is 0 Å². The van der Waals surface area contributed by atoms with Crippen LogP contribution in [-0.4, -0.2) is 92.9 Å². The van der Waals surface area contributed by atoms with E-state index in [1.807, 2.05) is 0 Å². The Kier molecular flexibility index (Phi) is 7.35. The number of anilines is 1. The second-order valence-corrected chi connectivity index (χ2v) is 7.60. The van der Waals surface area contributed by atoms with Gasteiger partial charge in [0.15, 0.2) is 17.4 Å². The molecular formula is C18H28N6O7. The summed E-state index contributed by atoms with van der Waals surface area (Å²) in [5, 5.41) is 24.2. The monoisotopic (exact) mass is 440 g/mol. The van der Waals surface area contributed by atoms with Crippen molar-refractivity contribution in [1.82, 2.24) is 24.6 Å². The van der Waals surface area contributed by atoms with Gasteiger partial charge in [0, 0.05) is 20.0 Å². The Morgan fingerprint density at radius 3 is 2.81 bits per heavy atom. The number of aromatic nitrogens is 4. The van der Waals surface area contributed by atoms with Crippen LogP contribution in [0.4, 0.5) is 5.95 Å². The van der Waals surface area contributed by atoms with E-state index >= 15 is 0 Å². The van der Waals surface area contributed by atoms with Crippen molar-refractivity contribution in [3.63, 3.8) is 0 Å². The van der Waals surface area contributed by atoms with E-state index in [-0.39, 0.29) is 42.2 Å². The number of ether oxygens (including phenoxy) is 2. The Labute approximate surface area is 177 Å². The Morgan fingerprint density at radius 2 is 2.16 bits per heavy atom. The van der Waals surface area contributed by atoms with E-state index in [1.54, 1.807) is 27.9 Å². The van der Waals surface area contributed by atoms with Crippen molar-refractivity contribution in [2.45, 2.75) is 38.4 Å². The highest BCUT2D eigenvalue weighted by atomic mass is 16.7. The lowest BCUT2D eigenvalue weighted by Gasteiger charge is -2.22. The zero-order valence-corrected chi connectivity index (χ0v) is 17.8. The fourth-order valence-corrected chi connectivity index (χ4v) is 3.11. The van der Waals surface area contributed by atoms with E-state index < -0.39 is 36.7 Å². The van der Waals surface area contributed by atoms with Crippen LogP contribution in [0.5, 0.6) is 0 Å². The summed E-state index contributed by atoms with van der Waals surface area (Å²) in [7, 11) is 3.46. The van der Waals surface area contributed by atoms with Gasteiger partial charge < -0.3 is 19.7 Å². The zero-order chi connectivity index (χ0) is 22.7. The molecule has 31 heavy (non-hydrogen) atoms. The molecule has 2 aromatic rings. The molecule has 2 aromatic heterocycles. The van der Waals surface area contributed by atoms with Crippen LogP contribution in [0, 0.1) is 5.92 Å². The number of hydroxylamine groups is 2. The van der Waals surface area contributed by atoms with Crippen LogP contribution in [0.15, 0.2) is 11.1 Å². The molecule has 1 aliphatic heterocycles. The van der Waals surface area contributed by atoms with E-state index in [0.29, 0.717) is 0 Å². The lowest BCUT2D eigenvalue weighted by Crippen LogP contribution is -2.36. The Morgan fingerprint density at radius 1 is 1.42 bits per heavy atom. The van der Waals surface area contributed by atoms with Gasteiger partial charge in [-0.15, -0.1) is 0 Å². The molecule has 1 amide bonds. The highest BCUT2D eigenvalue weighted by molar-refractivity contribution is 5.91. The summed E-state index contributed by atoms with van der Waals surface area (Å²) in [6.45, 7) is 3.37. The third kappa shape index (κ3) is 5.08. The Bertz CT molecular complexity index is 959. The van der Waals surface area contributed by atoms with Crippen molar-refractivity contribution in [2.24, 2.45) is 5.92 Å². The number of nitrogens with one attached hydrogen (secondary N) is 2. The normalized spacial score (nSPS) is 23.9. The third-order valence-corrected chi connectivity index (χ3v) is 4.71. The van der Waals surface area contributed by atoms with E-state index in [9.17, 15) is 19.8 Å². The van der Waals surface area contributed by atoms with Crippen molar-refractivity contribution in [3.05, 3.63) is 16.7 Å². The summed E-state index contributed by atoms with van der Waals surface area (Å²) in [4.78, 5) is 40.6. The van der Waals surface area contributed by atoms with Gasteiger partial charge in [-0.25, -0.2) is 4.98 Å². The molecular weight excluding hydrogens is 412 g/mol. The number of rotatable bonds is 9. The Balaban J connectivity index is 1.90. The number of imidazole rings is 1. The zero-order valence-electron chi connectivity index (χ0n) is 17.8. The van der Waals surface area contributed by atoms with Crippen LogP contribution in [0.1, 0.15) is 20.1 Å². The second-order valence-electron chi connectivity index (χ2n) is 7.60. The molecule has 0 saturated carbocycles. The van der Waals surface area contributed by atoms with Gasteiger partial charge in [0.05, 0.1) is 26.1 Å². The average molecular weight is 440 g/mol. The number of aliphatic hydroxyl groups is 2. The molecule has 0 spiro atoms. The van der Waals surface area contributed by atoms with Gasteiger partial charge in [0.25, 0.3) is 5.56 Å². The first-order valence-corrected chi connectivity index (χ1v) is 9.86. The Hall–Kier alpha value is -2.42. The van der Waals surface area contributed by atoms with Crippen molar-refractivity contribution < 1.29 is 29.3 Å². The number of carbonyl (C=O) groups is 1. The molecule has 13 nitrogen and oxygen atoms in total. The summed E-state index contributed by atoms with van der Waals surface area (Å²) in [6.07, 6.45) is -2.49. The van der Waals surface area contributed by atoms with Gasteiger partial charge in [-0.3, -0.25) is 29.3 Å². The van der Waals surface area contributed by atoms with E-state index in [4.69, 9.17) is 14.3 Å². The average Bonchev–Trinajstić information content (AvgIpc) is 3.26. The predicted octanol–water partition coefficient (Wildman–Crippen LogP) is -1.16. The number of H-pyrrole nitrogens is 1. The molecule has 0 radical (unpaired) electrons. The molecule has 1 fully saturated rings. The van der Waals surface area contributed by atoms with Gasteiger partial charge in [-0.1, -0.05) is 13.8 Å². The fraction of sp³-hybridized carbons (Fsp3) is 0.667. The predicted molar refractivity (Wildman–Crippen MR) is 108 cm³/mol. The van der Waals surface area contributed by atoms with E-state index in [2.05, 4.69) is 20.3 Å². The molecule has 3 heterocycles. The van der Waals surface area contributed by atoms with E-state index in [0.717, 1.165) is 0 Å². The number of hydrogen-bond acceptors (Lipinski definition) is 10. The third-order valence-electron chi connectivity index (χ3n) is 4.71. The molecule has 4 atom stereocenters. The molecule has 2 unspecified atom stereocenters. The minimum absolute atomic E-state index is 0.0303. The summed E-state index contributed by atoms with van der Waals surface area (Å²) < 4.78 is 13.0. The first kappa shape index (κ1) is 23.2. The van der Waals surface area contributed by atoms with Crippen LogP contribution in [-0.2, 0) is 19.1 Å². The minimum Gasteiger partial charge on any atom is -0.394 e. The first-order valence-electron chi connectivity index (χ1n) is 9.86. The number of nitrogens with zero attached hydrogens (tertiary/aromatic N) is 4. The van der Waals surface area contributed by atoms with Crippen molar-refractivity contribution in [3.8, 4) is 0 Å². The molecule has 4 N–H and O–H groups in total. The minimum atomic E-state index is -1.13. The highest BCUT2D eigenvalue weighted by Crippen LogP contribution is 2.33. The molecule has 0 aromatic carbocycles. The standard InChI is InChI=1S/C18H28N6O7/c1-9(2)15(27)21-18-20-14-11(16(28)22-18)19-8-24(14)17-13(12(26)10(7-25)31-17)29-5-6-30-23(3)4/h8-10,12-13,17,25-26H,5-7H2,1-4H3,(H2,20,21,22,27,28)/t10-,12?,13?,17-/m1/s1. The number of fused-ring (bicyclic) bond motifs is 1. The number of aromatic amines is 1. The maximum Gasteiger partial charge on any atom is 0.280 e. The number of carbonyl (C=O) groups excluding carboxylic acids is 1. The second kappa shape index (κ2) is 9.80. The summed E-state index contributed by atoms with van der Waals surface area (Å²) in [5.41, 5.74) is -0.378. The van der Waals surface area contributed by atoms with Gasteiger partial charge in [-0.2, -0.15) is 10.0 Å². The van der Waals surface area contributed by atoms with Crippen LogP contribution in [0.2, 0.25) is 0 Å². The summed E-state index contributed by atoms with van der Waals surface area (Å²) in [5.74, 6) is -0.665. The lowest BCUT2D eigenvalue weighted by atomic mass is 10.1. The molecule has 1 aliphatic rings. The van der Waals surface area contributed by atoms with Crippen LogP contribution in [0.3, 0.4) is 0 Å². The first-order chi connectivity index (χ1) is 14.7. The lowest BCUT2D eigenvalue weighted by molar-refractivity contribution is -0.150. The molecule has 0 aliphatic carbocycles. The van der Waals surface area contributed by atoms with Crippen LogP contribution < -0.4 is 10.9 Å². The molecule has 13 heteroatoms. The van der Waals surface area contributed by atoms with Crippen molar-refractivity contribution >= 4 is 23.0 Å². The van der Waals surface area contributed by atoms with Gasteiger partial charge in [-0.05, 0) is 0 Å². The fourth-order valence-electron chi connectivity index (χ4n) is 3.11. The van der Waals surface area contributed by atoms with Gasteiger partial charge in [0.2, 0.25) is 11.9 Å². The quantitative estimate of drug-likeness (QED) is 0.276. The highest BCUT2D eigenvalue weighted by Gasteiger charge is 2.46.